The van der Waals surface area contributed by atoms with Crippen molar-refractivity contribution >= 4 is 17.3 Å². The van der Waals surface area contributed by atoms with Crippen LogP contribution in [-0.2, 0) is 11.3 Å². The highest BCUT2D eigenvalue weighted by Crippen LogP contribution is 2.23. The predicted octanol–water partition coefficient (Wildman–Crippen LogP) is 1.82. The lowest BCUT2D eigenvalue weighted by molar-refractivity contribution is 0.178. The number of anilines is 3. The van der Waals surface area contributed by atoms with Crippen LogP contribution in [0, 0.1) is 5.82 Å². The van der Waals surface area contributed by atoms with Crippen LogP contribution in [0.2, 0.25) is 0 Å². The summed E-state index contributed by atoms with van der Waals surface area (Å²) in [5.74, 6) is 6.73. The van der Waals surface area contributed by atoms with Crippen LogP contribution in [0.5, 0.6) is 0 Å². The Morgan fingerprint density at radius 1 is 1.30 bits per heavy atom. The Kier molecular flexibility index (Phi) is 4.44. The number of halogens is 1. The number of nitrogens with zero attached hydrogens (tertiary/aromatic N) is 3. The first-order chi connectivity index (χ1) is 9.63. The van der Waals surface area contributed by atoms with Gasteiger partial charge >= 0.3 is 0 Å². The van der Waals surface area contributed by atoms with E-state index >= 15 is 0 Å². The largest absolute Gasteiger partial charge is 0.377 e. The summed E-state index contributed by atoms with van der Waals surface area (Å²) >= 11 is 0. The zero-order valence-electron chi connectivity index (χ0n) is 11.3. The van der Waals surface area contributed by atoms with Gasteiger partial charge in [-0.15, -0.1) is 0 Å². The molecule has 20 heavy (non-hydrogen) atoms. The summed E-state index contributed by atoms with van der Waals surface area (Å²) in [6.07, 6.45) is 0. The lowest BCUT2D eigenvalue weighted by Crippen LogP contribution is -2.16. The molecule has 106 valence electrons. The molecule has 0 amide bonds. The van der Waals surface area contributed by atoms with Gasteiger partial charge in [0.25, 0.3) is 0 Å². The Balaban J connectivity index is 2.34. The van der Waals surface area contributed by atoms with E-state index < -0.39 is 0 Å². The number of nitrogens with one attached hydrogen (secondary N) is 1. The van der Waals surface area contributed by atoms with Gasteiger partial charge in [0, 0.05) is 25.9 Å². The van der Waals surface area contributed by atoms with Crippen LogP contribution in [0.4, 0.5) is 21.7 Å². The summed E-state index contributed by atoms with van der Waals surface area (Å²) in [5.41, 5.74) is 3.29. The van der Waals surface area contributed by atoms with E-state index in [4.69, 9.17) is 10.6 Å². The Morgan fingerprint density at radius 2 is 2.00 bits per heavy atom. The fourth-order valence-electron chi connectivity index (χ4n) is 1.72. The molecule has 2 aromatic rings. The second-order valence-electron chi connectivity index (χ2n) is 4.14. The molecule has 1 aromatic heterocycles. The number of ether oxygens (including phenoxy) is 1. The van der Waals surface area contributed by atoms with Gasteiger partial charge in [0.05, 0.1) is 0 Å². The molecule has 0 aliphatic carbocycles. The molecule has 0 atom stereocenters. The van der Waals surface area contributed by atoms with Crippen molar-refractivity contribution in [1.82, 2.24) is 9.97 Å². The van der Waals surface area contributed by atoms with Crippen molar-refractivity contribution in [3.05, 3.63) is 42.0 Å². The smallest absolute Gasteiger partial charge is 0.158 e. The lowest BCUT2D eigenvalue weighted by atomic mass is 10.3. The van der Waals surface area contributed by atoms with E-state index in [9.17, 15) is 4.39 Å². The maximum absolute atomic E-state index is 12.9. The number of hydrogen-bond donors (Lipinski definition) is 2. The highest BCUT2D eigenvalue weighted by molar-refractivity contribution is 5.61. The van der Waals surface area contributed by atoms with Gasteiger partial charge in [0.1, 0.15) is 24.1 Å². The van der Waals surface area contributed by atoms with Gasteiger partial charge in [0.2, 0.25) is 0 Å². The average Bonchev–Trinajstić information content (AvgIpc) is 2.47. The molecule has 0 bridgehead atoms. The molecule has 0 aliphatic heterocycles. The summed E-state index contributed by atoms with van der Waals surface area (Å²) < 4.78 is 18.0. The van der Waals surface area contributed by atoms with E-state index in [0.717, 1.165) is 5.69 Å². The first kappa shape index (κ1) is 14.2. The Hall–Kier alpha value is -2.25. The molecule has 0 spiro atoms. The van der Waals surface area contributed by atoms with Crippen molar-refractivity contribution in [1.29, 1.82) is 0 Å². The second-order valence-corrected chi connectivity index (χ2v) is 4.14. The summed E-state index contributed by atoms with van der Waals surface area (Å²) in [7, 11) is 3.39. The normalized spacial score (nSPS) is 10.4. The minimum absolute atomic E-state index is 0.278. The van der Waals surface area contributed by atoms with Crippen LogP contribution in [0.1, 0.15) is 5.82 Å². The summed E-state index contributed by atoms with van der Waals surface area (Å²) in [4.78, 5) is 10.3. The Labute approximate surface area is 116 Å². The van der Waals surface area contributed by atoms with Gasteiger partial charge in [-0.1, -0.05) is 0 Å². The summed E-state index contributed by atoms with van der Waals surface area (Å²) in [6.45, 7) is 0.278. The summed E-state index contributed by atoms with van der Waals surface area (Å²) in [6, 6.07) is 7.82. The molecular weight excluding hydrogens is 261 g/mol. The highest BCUT2D eigenvalue weighted by Gasteiger charge is 2.10. The molecule has 1 aromatic carbocycles. The number of benzene rings is 1. The zero-order valence-corrected chi connectivity index (χ0v) is 11.3. The number of aromatic nitrogens is 2. The Morgan fingerprint density at radius 3 is 2.60 bits per heavy atom. The third kappa shape index (κ3) is 3.19. The molecule has 0 saturated carbocycles. The van der Waals surface area contributed by atoms with Crippen LogP contribution in [0.15, 0.2) is 30.3 Å². The zero-order chi connectivity index (χ0) is 14.5. The fourth-order valence-corrected chi connectivity index (χ4v) is 1.72. The maximum Gasteiger partial charge on any atom is 0.158 e. The molecule has 0 radical (unpaired) electrons. The van der Waals surface area contributed by atoms with Crippen molar-refractivity contribution in [2.24, 2.45) is 5.84 Å². The predicted molar refractivity (Wildman–Crippen MR) is 75.0 cm³/mol. The number of methoxy groups -OCH3 is 1. The van der Waals surface area contributed by atoms with Gasteiger partial charge in [-0.2, -0.15) is 0 Å². The SMILES string of the molecule is COCc1nc(NN)cc(N(C)c2ccc(F)cc2)n1. The van der Waals surface area contributed by atoms with Crippen LogP contribution >= 0.6 is 0 Å². The minimum Gasteiger partial charge on any atom is -0.377 e. The lowest BCUT2D eigenvalue weighted by Gasteiger charge is -2.19. The van der Waals surface area contributed by atoms with Crippen LogP contribution in [0.25, 0.3) is 0 Å². The molecule has 7 heteroatoms. The van der Waals surface area contributed by atoms with E-state index in [0.29, 0.717) is 17.5 Å². The van der Waals surface area contributed by atoms with Crippen molar-refractivity contribution < 1.29 is 9.13 Å². The quantitative estimate of drug-likeness (QED) is 0.641. The number of nitrogens with two attached hydrogens (primary N) is 1. The standard InChI is InChI=1S/C13H16FN5O/c1-19(10-5-3-9(14)4-6-10)13-7-11(18-15)16-12(17-13)8-20-2/h3-7H,8,15H2,1-2H3,(H,16,17,18). The molecule has 3 N–H and O–H groups in total. The van der Waals surface area contributed by atoms with Crippen molar-refractivity contribution in [2.75, 3.05) is 24.5 Å². The van der Waals surface area contributed by atoms with E-state index in [2.05, 4.69) is 15.4 Å². The van der Waals surface area contributed by atoms with Gasteiger partial charge in [-0.3, -0.25) is 0 Å². The molecule has 0 aliphatic rings. The van der Waals surface area contributed by atoms with Gasteiger partial charge in [-0.25, -0.2) is 20.2 Å². The average molecular weight is 277 g/mol. The maximum atomic E-state index is 12.9. The first-order valence-corrected chi connectivity index (χ1v) is 5.97. The third-order valence-electron chi connectivity index (χ3n) is 2.74. The van der Waals surface area contributed by atoms with Crippen LogP contribution in [0.3, 0.4) is 0 Å². The van der Waals surface area contributed by atoms with Crippen LogP contribution < -0.4 is 16.2 Å². The molecule has 2 rings (SSSR count). The first-order valence-electron chi connectivity index (χ1n) is 5.97. The molecular formula is C13H16FN5O. The number of nitrogen functional groups attached to an aromatic ring is 1. The van der Waals surface area contributed by atoms with Crippen LogP contribution in [-0.4, -0.2) is 24.1 Å². The molecule has 0 unspecified atom stereocenters. The highest BCUT2D eigenvalue weighted by atomic mass is 19.1. The number of rotatable bonds is 5. The van der Waals surface area contributed by atoms with E-state index in [1.807, 2.05) is 7.05 Å². The van der Waals surface area contributed by atoms with Crippen molar-refractivity contribution in [3.63, 3.8) is 0 Å². The van der Waals surface area contributed by atoms with Gasteiger partial charge in [-0.05, 0) is 24.3 Å². The molecule has 6 nitrogen and oxygen atoms in total. The van der Waals surface area contributed by atoms with E-state index in [-0.39, 0.29) is 12.4 Å². The van der Waals surface area contributed by atoms with Crippen molar-refractivity contribution in [3.8, 4) is 0 Å². The van der Waals surface area contributed by atoms with Gasteiger partial charge < -0.3 is 15.1 Å². The fraction of sp³-hybridized carbons (Fsp3) is 0.231. The minimum atomic E-state index is -0.283. The number of hydrogen-bond acceptors (Lipinski definition) is 6. The van der Waals surface area contributed by atoms with Gasteiger partial charge in [0.15, 0.2) is 5.82 Å². The summed E-state index contributed by atoms with van der Waals surface area (Å²) in [5, 5.41) is 0. The second kappa shape index (κ2) is 6.27. The van der Waals surface area contributed by atoms with E-state index in [1.54, 1.807) is 30.2 Å². The Bertz CT molecular complexity index is 575. The third-order valence-corrected chi connectivity index (χ3v) is 2.74. The van der Waals surface area contributed by atoms with E-state index in [1.165, 1.54) is 12.1 Å². The molecule has 0 fully saturated rings. The monoisotopic (exact) mass is 277 g/mol. The number of hydrazine groups is 1. The molecule has 0 saturated heterocycles. The molecule has 1 heterocycles. The topological polar surface area (TPSA) is 76.3 Å². The van der Waals surface area contributed by atoms with Crippen molar-refractivity contribution in [2.45, 2.75) is 6.61 Å².